The van der Waals surface area contributed by atoms with Gasteiger partial charge in [-0.05, 0) is 48.0 Å². The molecule has 0 heterocycles. The Morgan fingerprint density at radius 3 is 2.24 bits per heavy atom. The summed E-state index contributed by atoms with van der Waals surface area (Å²) in [5.74, 6) is 0.240. The van der Waals surface area contributed by atoms with Crippen LogP contribution in [0.5, 0.6) is 5.75 Å². The van der Waals surface area contributed by atoms with E-state index in [-0.39, 0.29) is 10.6 Å². The van der Waals surface area contributed by atoms with Crippen molar-refractivity contribution in [2.45, 2.75) is 11.8 Å². The molecule has 4 aromatic carbocycles. The first-order valence-corrected chi connectivity index (χ1v) is 10.6. The molecule has 144 valence electrons. The first-order valence-electron chi connectivity index (χ1n) is 9.15. The normalized spacial score (nSPS) is 11.8. The highest BCUT2D eigenvalue weighted by molar-refractivity contribution is 7.87. The van der Waals surface area contributed by atoms with E-state index in [2.05, 4.69) is 4.99 Å². The summed E-state index contributed by atoms with van der Waals surface area (Å²) in [7, 11) is -3.97. The van der Waals surface area contributed by atoms with Gasteiger partial charge in [0.15, 0.2) is 5.75 Å². The number of aryl methyl sites for hydroxylation is 1. The quantitative estimate of drug-likeness (QED) is 0.320. The summed E-state index contributed by atoms with van der Waals surface area (Å²) in [6.45, 7) is 1.90. The zero-order valence-corrected chi connectivity index (χ0v) is 16.6. The second kappa shape index (κ2) is 7.89. The molecule has 0 aliphatic rings. The van der Waals surface area contributed by atoms with Crippen LogP contribution in [0.1, 0.15) is 11.1 Å². The van der Waals surface area contributed by atoms with Crippen LogP contribution in [0, 0.1) is 6.92 Å². The number of para-hydroxylation sites is 1. The van der Waals surface area contributed by atoms with Gasteiger partial charge in [0.05, 0.1) is 5.69 Å². The molecule has 0 spiro atoms. The number of aliphatic imine (C=N–C) groups is 1. The van der Waals surface area contributed by atoms with Gasteiger partial charge in [-0.3, -0.25) is 4.99 Å². The van der Waals surface area contributed by atoms with Crippen molar-refractivity contribution < 1.29 is 12.6 Å². The molecule has 0 aliphatic heterocycles. The maximum Gasteiger partial charge on any atom is 0.339 e. The summed E-state index contributed by atoms with van der Waals surface area (Å²) in [5.41, 5.74) is 2.36. The van der Waals surface area contributed by atoms with Gasteiger partial charge in [-0.1, -0.05) is 66.2 Å². The minimum atomic E-state index is -3.97. The molecule has 0 aliphatic carbocycles. The third-order valence-corrected chi connectivity index (χ3v) is 5.79. The summed E-state index contributed by atoms with van der Waals surface area (Å²) in [6.07, 6.45) is 1.65. The minimum absolute atomic E-state index is 0.113. The van der Waals surface area contributed by atoms with Crippen molar-refractivity contribution in [2.24, 2.45) is 4.99 Å². The number of nitrogens with zero attached hydrogens (tertiary/aromatic N) is 1. The van der Waals surface area contributed by atoms with Crippen LogP contribution < -0.4 is 4.18 Å². The lowest BCUT2D eigenvalue weighted by Gasteiger charge is -2.12. The van der Waals surface area contributed by atoms with E-state index < -0.39 is 10.1 Å². The van der Waals surface area contributed by atoms with Crippen LogP contribution in [0.25, 0.3) is 10.8 Å². The van der Waals surface area contributed by atoms with Crippen LogP contribution in [0.15, 0.2) is 101 Å². The fourth-order valence-corrected chi connectivity index (χ4v) is 3.95. The molecule has 0 fully saturated rings. The average Bonchev–Trinajstić information content (AvgIpc) is 2.74. The fourth-order valence-electron chi connectivity index (χ4n) is 3.01. The van der Waals surface area contributed by atoms with Gasteiger partial charge in [-0.2, -0.15) is 8.42 Å². The maximum atomic E-state index is 12.8. The smallest absolute Gasteiger partial charge is 0.339 e. The Balaban J connectivity index is 1.79. The molecule has 0 atom stereocenters. The minimum Gasteiger partial charge on any atom is -0.378 e. The third-order valence-electron chi connectivity index (χ3n) is 4.54. The molecule has 4 rings (SSSR count). The van der Waals surface area contributed by atoms with Crippen LogP contribution in [0.3, 0.4) is 0 Å². The molecule has 4 nitrogen and oxygen atoms in total. The van der Waals surface area contributed by atoms with E-state index in [1.54, 1.807) is 36.5 Å². The van der Waals surface area contributed by atoms with Crippen molar-refractivity contribution in [3.63, 3.8) is 0 Å². The molecule has 0 amide bonds. The lowest BCUT2D eigenvalue weighted by molar-refractivity contribution is 0.486. The lowest BCUT2D eigenvalue weighted by atomic mass is 10.0. The first-order chi connectivity index (χ1) is 14.0. The monoisotopic (exact) mass is 401 g/mol. The molecule has 0 N–H and O–H groups in total. The summed E-state index contributed by atoms with van der Waals surface area (Å²) in [4.78, 5) is 4.61. The summed E-state index contributed by atoms with van der Waals surface area (Å²) in [6, 6.07) is 27.3. The molecule has 0 bridgehead atoms. The van der Waals surface area contributed by atoms with Crippen molar-refractivity contribution in [3.8, 4) is 5.75 Å². The van der Waals surface area contributed by atoms with E-state index in [1.807, 2.05) is 67.6 Å². The Kier molecular flexibility index (Phi) is 5.14. The fraction of sp³-hybridized carbons (Fsp3) is 0.0417. The predicted octanol–water partition coefficient (Wildman–Crippen LogP) is 5.67. The first kappa shape index (κ1) is 18.9. The second-order valence-electron chi connectivity index (χ2n) is 6.64. The predicted molar refractivity (Wildman–Crippen MR) is 117 cm³/mol. The van der Waals surface area contributed by atoms with Crippen LogP contribution in [-0.4, -0.2) is 14.6 Å². The van der Waals surface area contributed by atoms with Crippen molar-refractivity contribution in [2.75, 3.05) is 0 Å². The number of fused-ring (bicyclic) bond motifs is 1. The summed E-state index contributed by atoms with van der Waals surface area (Å²) >= 11 is 0. The molecule has 0 aromatic heterocycles. The lowest BCUT2D eigenvalue weighted by Crippen LogP contribution is -2.11. The van der Waals surface area contributed by atoms with E-state index >= 15 is 0 Å². The Morgan fingerprint density at radius 1 is 0.793 bits per heavy atom. The molecular weight excluding hydrogens is 382 g/mol. The Bertz CT molecular complexity index is 1280. The van der Waals surface area contributed by atoms with Gasteiger partial charge in [0.2, 0.25) is 0 Å². The topological polar surface area (TPSA) is 55.7 Å². The zero-order valence-electron chi connectivity index (χ0n) is 15.8. The van der Waals surface area contributed by atoms with Gasteiger partial charge in [-0.15, -0.1) is 0 Å². The molecule has 0 radical (unpaired) electrons. The highest BCUT2D eigenvalue weighted by atomic mass is 32.2. The van der Waals surface area contributed by atoms with Crippen molar-refractivity contribution >= 4 is 32.8 Å². The van der Waals surface area contributed by atoms with E-state index in [0.717, 1.165) is 22.0 Å². The van der Waals surface area contributed by atoms with Crippen molar-refractivity contribution in [1.82, 2.24) is 0 Å². The number of hydrogen-bond acceptors (Lipinski definition) is 4. The molecular formula is C24H19NO3S. The Hall–Kier alpha value is -3.44. The van der Waals surface area contributed by atoms with Crippen molar-refractivity contribution in [3.05, 3.63) is 102 Å². The van der Waals surface area contributed by atoms with Crippen molar-refractivity contribution in [1.29, 1.82) is 0 Å². The van der Waals surface area contributed by atoms with Crippen LogP contribution >= 0.6 is 0 Å². The van der Waals surface area contributed by atoms with Gasteiger partial charge in [0.25, 0.3) is 0 Å². The average molecular weight is 401 g/mol. The SMILES string of the molecule is Cc1ccc(S(=O)(=O)Oc2ccc3ccccc3c2C=Nc2ccccc2)cc1. The van der Waals surface area contributed by atoms with Crippen LogP contribution in [0.2, 0.25) is 0 Å². The summed E-state index contributed by atoms with van der Waals surface area (Å²) in [5, 5.41) is 1.84. The van der Waals surface area contributed by atoms with E-state index in [0.29, 0.717) is 5.56 Å². The number of benzene rings is 4. The molecule has 5 heteroatoms. The van der Waals surface area contributed by atoms with Gasteiger partial charge >= 0.3 is 10.1 Å². The van der Waals surface area contributed by atoms with Gasteiger partial charge in [-0.25, -0.2) is 0 Å². The molecule has 4 aromatic rings. The molecule has 29 heavy (non-hydrogen) atoms. The number of rotatable bonds is 5. The summed E-state index contributed by atoms with van der Waals surface area (Å²) < 4.78 is 31.2. The van der Waals surface area contributed by atoms with E-state index in [4.69, 9.17) is 4.18 Å². The molecule has 0 saturated heterocycles. The Labute approximate surface area is 170 Å². The zero-order chi connectivity index (χ0) is 20.3. The number of hydrogen-bond donors (Lipinski definition) is 0. The van der Waals surface area contributed by atoms with Gasteiger partial charge in [0, 0.05) is 11.8 Å². The molecule has 0 saturated carbocycles. The standard InChI is InChI=1S/C24H19NO3S/c1-18-11-14-21(15-12-18)29(26,27)28-24-16-13-19-7-5-6-10-22(19)23(24)17-25-20-8-3-2-4-9-20/h2-17H,1H3. The molecule has 0 unspecified atom stereocenters. The second-order valence-corrected chi connectivity index (χ2v) is 8.19. The third kappa shape index (κ3) is 4.20. The van der Waals surface area contributed by atoms with E-state index in [1.165, 1.54) is 0 Å². The highest BCUT2D eigenvalue weighted by Gasteiger charge is 2.19. The largest absolute Gasteiger partial charge is 0.378 e. The highest BCUT2D eigenvalue weighted by Crippen LogP contribution is 2.30. The van der Waals surface area contributed by atoms with Crippen LogP contribution in [-0.2, 0) is 10.1 Å². The van der Waals surface area contributed by atoms with Gasteiger partial charge < -0.3 is 4.18 Å². The maximum absolute atomic E-state index is 12.8. The van der Waals surface area contributed by atoms with E-state index in [9.17, 15) is 8.42 Å². The Morgan fingerprint density at radius 2 is 1.48 bits per heavy atom. The van der Waals surface area contributed by atoms with Gasteiger partial charge in [0.1, 0.15) is 4.90 Å². The van der Waals surface area contributed by atoms with Crippen LogP contribution in [0.4, 0.5) is 5.69 Å².